The van der Waals surface area contributed by atoms with E-state index in [9.17, 15) is 4.79 Å². The number of hydrogen-bond donors (Lipinski definition) is 1. The van der Waals surface area contributed by atoms with E-state index in [4.69, 9.17) is 4.74 Å². The van der Waals surface area contributed by atoms with Crippen LogP contribution in [0.1, 0.15) is 41.3 Å². The van der Waals surface area contributed by atoms with Gasteiger partial charge in [0.2, 0.25) is 5.91 Å². The molecule has 0 saturated carbocycles. The maximum atomic E-state index is 12.2. The normalized spacial score (nSPS) is 16.7. The molecule has 1 aliphatic rings. The van der Waals surface area contributed by atoms with Crippen molar-refractivity contribution in [3.8, 4) is 5.75 Å². The maximum absolute atomic E-state index is 12.2. The van der Waals surface area contributed by atoms with Crippen LogP contribution in [0.4, 0.5) is 0 Å². The molecule has 1 N–H and O–H groups in total. The Morgan fingerprint density at radius 3 is 3.09 bits per heavy atom. The lowest BCUT2D eigenvalue weighted by atomic mass is 9.98. The highest BCUT2D eigenvalue weighted by Gasteiger charge is 2.23. The Hall–Kier alpha value is -1.81. The van der Waals surface area contributed by atoms with Crippen LogP contribution in [0.25, 0.3) is 0 Å². The first-order valence-corrected chi connectivity index (χ1v) is 8.66. The summed E-state index contributed by atoms with van der Waals surface area (Å²) in [5, 5.41) is 5.25. The second-order valence-electron chi connectivity index (χ2n) is 5.68. The van der Waals surface area contributed by atoms with Crippen LogP contribution in [-0.4, -0.2) is 12.5 Å². The third-order valence-electron chi connectivity index (χ3n) is 4.01. The molecular formula is C18H21NO2S. The molecule has 1 aromatic heterocycles. The third-order valence-corrected chi connectivity index (χ3v) is 4.95. The Morgan fingerprint density at radius 1 is 1.36 bits per heavy atom. The van der Waals surface area contributed by atoms with E-state index in [-0.39, 0.29) is 11.9 Å². The zero-order valence-electron chi connectivity index (χ0n) is 12.8. The van der Waals surface area contributed by atoms with Crippen molar-refractivity contribution < 1.29 is 9.53 Å². The van der Waals surface area contributed by atoms with Gasteiger partial charge in [-0.3, -0.25) is 4.79 Å². The molecule has 1 aliphatic heterocycles. The number of nitrogens with one attached hydrogen (secondary N) is 1. The van der Waals surface area contributed by atoms with Gasteiger partial charge in [-0.1, -0.05) is 24.3 Å². The van der Waals surface area contributed by atoms with Crippen molar-refractivity contribution in [2.24, 2.45) is 0 Å². The van der Waals surface area contributed by atoms with Crippen LogP contribution in [0.3, 0.4) is 0 Å². The van der Waals surface area contributed by atoms with Crippen molar-refractivity contribution in [2.75, 3.05) is 6.61 Å². The fourth-order valence-corrected chi connectivity index (χ4v) is 3.63. The van der Waals surface area contributed by atoms with E-state index in [0.717, 1.165) is 36.1 Å². The molecule has 4 heteroatoms. The van der Waals surface area contributed by atoms with Gasteiger partial charge in [-0.25, -0.2) is 0 Å². The van der Waals surface area contributed by atoms with Crippen LogP contribution in [0.5, 0.6) is 5.75 Å². The number of carbonyl (C=O) groups excluding carboxylic acids is 1. The number of rotatable bonds is 5. The third kappa shape index (κ3) is 3.50. The summed E-state index contributed by atoms with van der Waals surface area (Å²) in [4.78, 5) is 13.5. The molecule has 0 bridgehead atoms. The molecule has 1 atom stereocenters. The van der Waals surface area contributed by atoms with Crippen molar-refractivity contribution in [3.63, 3.8) is 0 Å². The highest BCUT2D eigenvalue weighted by molar-refractivity contribution is 7.09. The van der Waals surface area contributed by atoms with Gasteiger partial charge in [0, 0.05) is 23.3 Å². The fourth-order valence-electron chi connectivity index (χ4n) is 2.88. The van der Waals surface area contributed by atoms with Gasteiger partial charge in [0.05, 0.1) is 12.6 Å². The number of hydrogen-bond acceptors (Lipinski definition) is 3. The average Bonchev–Trinajstić information content (AvgIpc) is 3.02. The number of fused-ring (bicyclic) bond motifs is 1. The second-order valence-corrected chi connectivity index (χ2v) is 6.72. The van der Waals surface area contributed by atoms with Crippen molar-refractivity contribution in [2.45, 2.75) is 38.6 Å². The minimum absolute atomic E-state index is 0.0814. The molecular weight excluding hydrogens is 294 g/mol. The smallest absolute Gasteiger partial charge is 0.220 e. The topological polar surface area (TPSA) is 38.3 Å². The lowest BCUT2D eigenvalue weighted by Crippen LogP contribution is -2.32. The molecule has 0 fully saturated rings. The first-order chi connectivity index (χ1) is 10.7. The molecule has 1 aromatic carbocycles. The summed E-state index contributed by atoms with van der Waals surface area (Å²) in [6.45, 7) is 2.71. The monoisotopic (exact) mass is 315 g/mol. The lowest BCUT2D eigenvalue weighted by Gasteiger charge is -2.27. The quantitative estimate of drug-likeness (QED) is 0.905. The fraction of sp³-hybridized carbons (Fsp3) is 0.389. The Kier molecular flexibility index (Phi) is 4.78. The van der Waals surface area contributed by atoms with Crippen molar-refractivity contribution in [3.05, 3.63) is 51.7 Å². The minimum Gasteiger partial charge on any atom is -0.493 e. The van der Waals surface area contributed by atoms with E-state index < -0.39 is 0 Å². The summed E-state index contributed by atoms with van der Waals surface area (Å²) >= 11 is 1.75. The van der Waals surface area contributed by atoms with Crippen LogP contribution in [0, 0.1) is 6.92 Å². The first-order valence-electron chi connectivity index (χ1n) is 7.78. The molecule has 22 heavy (non-hydrogen) atoms. The number of para-hydroxylation sites is 1. The van der Waals surface area contributed by atoms with Gasteiger partial charge < -0.3 is 10.1 Å². The zero-order valence-corrected chi connectivity index (χ0v) is 13.6. The number of benzene rings is 1. The van der Waals surface area contributed by atoms with Gasteiger partial charge in [-0.2, -0.15) is 0 Å². The van der Waals surface area contributed by atoms with E-state index in [2.05, 4.69) is 28.9 Å². The summed E-state index contributed by atoms with van der Waals surface area (Å²) in [5.41, 5.74) is 2.24. The number of ether oxygens (including phenoxy) is 1. The molecule has 0 radical (unpaired) electrons. The Labute approximate surface area is 135 Å². The van der Waals surface area contributed by atoms with Crippen LogP contribution in [0.15, 0.2) is 35.7 Å². The van der Waals surface area contributed by atoms with Crippen molar-refractivity contribution in [1.82, 2.24) is 5.32 Å². The van der Waals surface area contributed by atoms with E-state index in [1.165, 1.54) is 4.88 Å². The van der Waals surface area contributed by atoms with Gasteiger partial charge in [-0.05, 0) is 36.8 Å². The summed E-state index contributed by atoms with van der Waals surface area (Å²) in [6.07, 6.45) is 3.30. The summed E-state index contributed by atoms with van der Waals surface area (Å²) < 4.78 is 5.75. The molecule has 1 amide bonds. The summed E-state index contributed by atoms with van der Waals surface area (Å²) in [5.74, 6) is 1.08. The van der Waals surface area contributed by atoms with Crippen molar-refractivity contribution in [1.29, 1.82) is 0 Å². The molecule has 0 saturated heterocycles. The van der Waals surface area contributed by atoms with Crippen LogP contribution < -0.4 is 10.1 Å². The first kappa shape index (κ1) is 15.1. The van der Waals surface area contributed by atoms with Gasteiger partial charge in [0.1, 0.15) is 5.75 Å². The van der Waals surface area contributed by atoms with Gasteiger partial charge in [0.15, 0.2) is 0 Å². The predicted molar refractivity (Wildman–Crippen MR) is 89.4 cm³/mol. The Balaban J connectivity index is 1.55. The molecule has 2 aromatic rings. The summed E-state index contributed by atoms with van der Waals surface area (Å²) in [7, 11) is 0. The van der Waals surface area contributed by atoms with Crippen LogP contribution >= 0.6 is 11.3 Å². The van der Waals surface area contributed by atoms with E-state index >= 15 is 0 Å². The highest BCUT2D eigenvalue weighted by atomic mass is 32.1. The molecule has 0 aliphatic carbocycles. The number of carbonyl (C=O) groups is 1. The minimum atomic E-state index is 0.0814. The number of aryl methyl sites for hydroxylation is 2. The predicted octanol–water partition coefficient (Wildman–Crippen LogP) is 4.02. The van der Waals surface area contributed by atoms with E-state index in [1.807, 2.05) is 19.1 Å². The largest absolute Gasteiger partial charge is 0.493 e. The SMILES string of the molecule is Cc1cccc2c1OCC[C@H]2NC(=O)CCCc1cccs1. The summed E-state index contributed by atoms with van der Waals surface area (Å²) in [6, 6.07) is 10.4. The Morgan fingerprint density at radius 2 is 2.27 bits per heavy atom. The molecule has 0 unspecified atom stereocenters. The van der Waals surface area contributed by atoms with Crippen LogP contribution in [-0.2, 0) is 11.2 Å². The molecule has 2 heterocycles. The van der Waals surface area contributed by atoms with Gasteiger partial charge in [0.25, 0.3) is 0 Å². The zero-order chi connectivity index (χ0) is 15.4. The van der Waals surface area contributed by atoms with Gasteiger partial charge >= 0.3 is 0 Å². The number of amides is 1. The maximum Gasteiger partial charge on any atom is 0.220 e. The Bertz CT molecular complexity index is 637. The lowest BCUT2D eigenvalue weighted by molar-refractivity contribution is -0.122. The van der Waals surface area contributed by atoms with E-state index in [0.29, 0.717) is 13.0 Å². The molecule has 116 valence electrons. The molecule has 3 nitrogen and oxygen atoms in total. The van der Waals surface area contributed by atoms with E-state index in [1.54, 1.807) is 11.3 Å². The standard InChI is InChI=1S/C18H21NO2S/c1-13-5-2-8-15-16(10-11-21-18(13)15)19-17(20)9-3-6-14-7-4-12-22-14/h2,4-5,7-8,12,16H,3,6,9-11H2,1H3,(H,19,20)/t16-/m1/s1. The molecule has 3 rings (SSSR count). The number of thiophene rings is 1. The highest BCUT2D eigenvalue weighted by Crippen LogP contribution is 2.34. The van der Waals surface area contributed by atoms with Crippen molar-refractivity contribution >= 4 is 17.2 Å². The van der Waals surface area contributed by atoms with Crippen LogP contribution in [0.2, 0.25) is 0 Å². The second kappa shape index (κ2) is 6.97. The van der Waals surface area contributed by atoms with Gasteiger partial charge in [-0.15, -0.1) is 11.3 Å². The molecule has 0 spiro atoms. The average molecular weight is 315 g/mol.